The molecule has 1 atom stereocenters. The molecule has 23 heavy (non-hydrogen) atoms. The Kier molecular flexibility index (Phi) is 8.22. The third kappa shape index (κ3) is 5.62. The number of ether oxygens (including phenoxy) is 2. The van der Waals surface area contributed by atoms with E-state index in [9.17, 15) is 9.59 Å². The van der Waals surface area contributed by atoms with Gasteiger partial charge in [0.2, 0.25) is 0 Å². The number of nitrogens with zero attached hydrogens (tertiary/aromatic N) is 2. The van der Waals surface area contributed by atoms with Gasteiger partial charge in [0.25, 0.3) is 0 Å². The van der Waals surface area contributed by atoms with E-state index in [1.165, 1.54) is 20.3 Å². The van der Waals surface area contributed by atoms with Gasteiger partial charge in [0.15, 0.2) is 0 Å². The average Bonchev–Trinajstić information content (AvgIpc) is 2.58. The molecule has 1 aliphatic rings. The standard InChI is InChI=1S/C17H28N2O4/c1-5-7-10-18-12-14(17(21)23-4)15(8-6-2)19(13-18)11-9-16(20)22-3/h9,11-12,15H,5-8,10,13H2,1-4H3/b11-9+. The third-order valence-corrected chi connectivity index (χ3v) is 3.81. The Hall–Kier alpha value is -1.98. The lowest BCUT2D eigenvalue weighted by Crippen LogP contribution is -2.46. The molecule has 0 N–H and O–H groups in total. The van der Waals surface area contributed by atoms with E-state index in [4.69, 9.17) is 4.74 Å². The Bertz CT molecular complexity index is 460. The van der Waals surface area contributed by atoms with Gasteiger partial charge in [-0.2, -0.15) is 0 Å². The van der Waals surface area contributed by atoms with Crippen molar-refractivity contribution < 1.29 is 19.1 Å². The van der Waals surface area contributed by atoms with E-state index in [0.717, 1.165) is 32.2 Å². The van der Waals surface area contributed by atoms with Crippen LogP contribution in [-0.4, -0.2) is 55.2 Å². The van der Waals surface area contributed by atoms with Crippen molar-refractivity contribution in [3.63, 3.8) is 0 Å². The molecular weight excluding hydrogens is 296 g/mol. The summed E-state index contributed by atoms with van der Waals surface area (Å²) in [6.07, 6.45) is 8.86. The van der Waals surface area contributed by atoms with Crippen molar-refractivity contribution in [2.75, 3.05) is 27.4 Å². The maximum absolute atomic E-state index is 12.2. The Morgan fingerprint density at radius 2 is 2.00 bits per heavy atom. The number of hydrogen-bond donors (Lipinski definition) is 0. The van der Waals surface area contributed by atoms with Gasteiger partial charge in [0.05, 0.1) is 32.5 Å². The fourth-order valence-corrected chi connectivity index (χ4v) is 2.58. The topological polar surface area (TPSA) is 59.1 Å². The summed E-state index contributed by atoms with van der Waals surface area (Å²) in [5, 5.41) is 0. The summed E-state index contributed by atoms with van der Waals surface area (Å²) in [4.78, 5) is 27.6. The van der Waals surface area contributed by atoms with E-state index in [0.29, 0.717) is 12.2 Å². The first-order valence-electron chi connectivity index (χ1n) is 8.13. The minimum absolute atomic E-state index is 0.0915. The summed E-state index contributed by atoms with van der Waals surface area (Å²) < 4.78 is 9.59. The normalized spacial score (nSPS) is 18.1. The van der Waals surface area contributed by atoms with Crippen LogP contribution in [0.25, 0.3) is 0 Å². The highest BCUT2D eigenvalue weighted by molar-refractivity contribution is 5.90. The molecule has 130 valence electrons. The minimum Gasteiger partial charge on any atom is -0.466 e. The highest BCUT2D eigenvalue weighted by Gasteiger charge is 2.30. The lowest BCUT2D eigenvalue weighted by molar-refractivity contribution is -0.137. The predicted molar refractivity (Wildman–Crippen MR) is 88.3 cm³/mol. The molecule has 0 amide bonds. The Morgan fingerprint density at radius 3 is 2.57 bits per heavy atom. The molecule has 1 rings (SSSR count). The van der Waals surface area contributed by atoms with E-state index < -0.39 is 5.97 Å². The van der Waals surface area contributed by atoms with Gasteiger partial charge in [0, 0.05) is 25.0 Å². The van der Waals surface area contributed by atoms with Crippen molar-refractivity contribution in [2.24, 2.45) is 0 Å². The molecule has 6 nitrogen and oxygen atoms in total. The number of carbonyl (C=O) groups excluding carboxylic acids is 2. The lowest BCUT2D eigenvalue weighted by atomic mass is 10.00. The lowest BCUT2D eigenvalue weighted by Gasteiger charge is -2.40. The van der Waals surface area contributed by atoms with Crippen LogP contribution in [0.15, 0.2) is 24.0 Å². The largest absolute Gasteiger partial charge is 0.466 e. The Labute approximate surface area is 138 Å². The predicted octanol–water partition coefficient (Wildman–Crippen LogP) is 2.27. The highest BCUT2D eigenvalue weighted by Crippen LogP contribution is 2.24. The van der Waals surface area contributed by atoms with E-state index in [2.05, 4.69) is 23.5 Å². The molecule has 0 saturated carbocycles. The monoisotopic (exact) mass is 324 g/mol. The second kappa shape index (κ2) is 9.92. The van der Waals surface area contributed by atoms with E-state index >= 15 is 0 Å². The smallest absolute Gasteiger partial charge is 0.337 e. The molecule has 1 heterocycles. The quantitative estimate of drug-likeness (QED) is 0.504. The average molecular weight is 324 g/mol. The molecule has 1 unspecified atom stereocenters. The van der Waals surface area contributed by atoms with Gasteiger partial charge in [-0.3, -0.25) is 0 Å². The molecule has 0 aromatic heterocycles. The number of carbonyl (C=O) groups is 2. The molecule has 1 aliphatic heterocycles. The van der Waals surface area contributed by atoms with Crippen LogP contribution in [0.4, 0.5) is 0 Å². The van der Waals surface area contributed by atoms with Crippen LogP contribution in [-0.2, 0) is 19.1 Å². The second-order valence-corrected chi connectivity index (χ2v) is 5.54. The number of rotatable bonds is 8. The first kappa shape index (κ1) is 19.1. The highest BCUT2D eigenvalue weighted by atomic mass is 16.5. The van der Waals surface area contributed by atoms with Crippen LogP contribution in [0, 0.1) is 0 Å². The summed E-state index contributed by atoms with van der Waals surface area (Å²) in [5.41, 5.74) is 0.631. The van der Waals surface area contributed by atoms with E-state index in [-0.39, 0.29) is 12.0 Å². The first-order chi connectivity index (χ1) is 11.1. The molecule has 6 heteroatoms. The maximum atomic E-state index is 12.2. The Morgan fingerprint density at radius 1 is 1.26 bits per heavy atom. The number of esters is 2. The molecule has 0 aromatic carbocycles. The van der Waals surface area contributed by atoms with Crippen molar-refractivity contribution in [1.29, 1.82) is 0 Å². The summed E-state index contributed by atoms with van der Waals surface area (Å²) in [5.74, 6) is -0.726. The third-order valence-electron chi connectivity index (χ3n) is 3.81. The number of unbranched alkanes of at least 4 members (excludes halogenated alkanes) is 1. The summed E-state index contributed by atoms with van der Waals surface area (Å²) in [7, 11) is 2.74. The molecule has 0 fully saturated rings. The van der Waals surface area contributed by atoms with Crippen LogP contribution in [0.1, 0.15) is 39.5 Å². The zero-order chi connectivity index (χ0) is 17.2. The molecule has 0 aromatic rings. The molecule has 0 aliphatic carbocycles. The zero-order valence-electron chi connectivity index (χ0n) is 14.6. The fourth-order valence-electron chi connectivity index (χ4n) is 2.58. The molecule has 0 radical (unpaired) electrons. The van der Waals surface area contributed by atoms with Gasteiger partial charge in [-0.1, -0.05) is 26.7 Å². The summed E-state index contributed by atoms with van der Waals surface area (Å²) >= 11 is 0. The Balaban J connectivity index is 3.05. The van der Waals surface area contributed by atoms with Gasteiger partial charge in [-0.25, -0.2) is 9.59 Å². The van der Waals surface area contributed by atoms with Gasteiger partial charge < -0.3 is 19.3 Å². The SMILES string of the molecule is CCCCN1C=C(C(=O)OC)C(CCC)N(/C=C/C(=O)OC)C1. The van der Waals surface area contributed by atoms with E-state index in [1.807, 2.05) is 11.1 Å². The van der Waals surface area contributed by atoms with Gasteiger partial charge in [-0.05, 0) is 12.8 Å². The molecular formula is C17H28N2O4. The van der Waals surface area contributed by atoms with Gasteiger partial charge in [0.1, 0.15) is 0 Å². The summed E-state index contributed by atoms with van der Waals surface area (Å²) in [6, 6.07) is -0.0915. The molecule has 0 saturated heterocycles. The molecule has 0 spiro atoms. The zero-order valence-corrected chi connectivity index (χ0v) is 14.6. The van der Waals surface area contributed by atoms with Crippen LogP contribution < -0.4 is 0 Å². The van der Waals surface area contributed by atoms with Gasteiger partial charge >= 0.3 is 11.9 Å². The van der Waals surface area contributed by atoms with Crippen LogP contribution in [0.5, 0.6) is 0 Å². The maximum Gasteiger partial charge on any atom is 0.337 e. The number of methoxy groups -OCH3 is 2. The van der Waals surface area contributed by atoms with Crippen molar-refractivity contribution in [3.05, 3.63) is 24.0 Å². The second-order valence-electron chi connectivity index (χ2n) is 5.54. The van der Waals surface area contributed by atoms with Crippen LogP contribution in [0.3, 0.4) is 0 Å². The van der Waals surface area contributed by atoms with Crippen molar-refractivity contribution in [2.45, 2.75) is 45.6 Å². The van der Waals surface area contributed by atoms with Crippen molar-refractivity contribution in [3.8, 4) is 0 Å². The number of hydrogen-bond acceptors (Lipinski definition) is 6. The van der Waals surface area contributed by atoms with Crippen LogP contribution in [0.2, 0.25) is 0 Å². The van der Waals surface area contributed by atoms with Crippen LogP contribution >= 0.6 is 0 Å². The minimum atomic E-state index is -0.408. The van der Waals surface area contributed by atoms with Gasteiger partial charge in [-0.15, -0.1) is 0 Å². The van der Waals surface area contributed by atoms with Crippen molar-refractivity contribution >= 4 is 11.9 Å². The summed E-state index contributed by atoms with van der Waals surface area (Å²) in [6.45, 7) is 5.70. The van der Waals surface area contributed by atoms with E-state index in [1.54, 1.807) is 6.20 Å². The first-order valence-corrected chi connectivity index (χ1v) is 8.13. The fraction of sp³-hybridized carbons (Fsp3) is 0.647. The van der Waals surface area contributed by atoms with Crippen molar-refractivity contribution in [1.82, 2.24) is 9.80 Å². The molecule has 0 bridgehead atoms.